The Hall–Kier alpha value is -3.46. The van der Waals surface area contributed by atoms with Gasteiger partial charge in [-0.3, -0.25) is 14.2 Å². The van der Waals surface area contributed by atoms with E-state index in [0.29, 0.717) is 34.4 Å². The summed E-state index contributed by atoms with van der Waals surface area (Å²) in [6.07, 6.45) is 0.832. The van der Waals surface area contributed by atoms with Crippen LogP contribution >= 0.6 is 11.8 Å². The number of thioether (sulfide) groups is 1. The van der Waals surface area contributed by atoms with Crippen LogP contribution in [-0.4, -0.2) is 31.5 Å². The van der Waals surface area contributed by atoms with Gasteiger partial charge in [-0.05, 0) is 36.6 Å². The topological polar surface area (TPSA) is 100 Å². The first-order valence-electron chi connectivity index (χ1n) is 10.7. The van der Waals surface area contributed by atoms with E-state index in [9.17, 15) is 9.59 Å². The van der Waals surface area contributed by atoms with E-state index in [-0.39, 0.29) is 23.8 Å². The Bertz CT molecular complexity index is 1300. The van der Waals surface area contributed by atoms with Gasteiger partial charge in [-0.2, -0.15) is 0 Å². The van der Waals surface area contributed by atoms with Crippen molar-refractivity contribution < 1.29 is 13.9 Å². The summed E-state index contributed by atoms with van der Waals surface area (Å²) in [5.41, 5.74) is 1.30. The largest absolute Gasteiger partial charge is 0.455 e. The Balaban J connectivity index is 1.41. The second kappa shape index (κ2) is 10.4. The summed E-state index contributed by atoms with van der Waals surface area (Å²) < 4.78 is 12.5. The molecule has 0 saturated heterocycles. The quantitative estimate of drug-likeness (QED) is 0.205. The van der Waals surface area contributed by atoms with Gasteiger partial charge in [0.15, 0.2) is 11.8 Å². The summed E-state index contributed by atoms with van der Waals surface area (Å²) in [5.74, 6) is 0.556. The van der Waals surface area contributed by atoms with Crippen LogP contribution in [0.1, 0.15) is 26.2 Å². The lowest BCUT2D eigenvalue weighted by Crippen LogP contribution is -2.24. The van der Waals surface area contributed by atoms with Crippen molar-refractivity contribution >= 4 is 28.6 Å². The number of benzene rings is 2. The summed E-state index contributed by atoms with van der Waals surface area (Å²) in [6.45, 7) is 4.62. The fourth-order valence-corrected chi connectivity index (χ4v) is 3.98. The molecule has 33 heavy (non-hydrogen) atoms. The third kappa shape index (κ3) is 5.67. The maximum atomic E-state index is 13.0. The van der Waals surface area contributed by atoms with Gasteiger partial charge in [-0.15, -0.1) is 10.2 Å². The van der Waals surface area contributed by atoms with Gasteiger partial charge in [0, 0.05) is 12.1 Å². The smallest absolute Gasteiger partial charge is 0.316 e. The molecule has 0 saturated carbocycles. The lowest BCUT2D eigenvalue weighted by atomic mass is 10.1. The van der Waals surface area contributed by atoms with Crippen molar-refractivity contribution in [2.75, 3.05) is 5.75 Å². The minimum Gasteiger partial charge on any atom is -0.455 e. The molecule has 0 atom stereocenters. The fourth-order valence-electron chi connectivity index (χ4n) is 3.16. The average molecular weight is 465 g/mol. The van der Waals surface area contributed by atoms with Crippen LogP contribution < -0.4 is 5.56 Å². The molecule has 0 spiro atoms. The molecule has 0 aliphatic heterocycles. The molecule has 0 radical (unpaired) electrons. The fraction of sp³-hybridized carbons (Fsp3) is 0.292. The molecule has 4 rings (SSSR count). The highest BCUT2D eigenvalue weighted by Gasteiger charge is 2.15. The summed E-state index contributed by atoms with van der Waals surface area (Å²) >= 11 is 1.18. The molecule has 0 unspecified atom stereocenters. The molecule has 0 fully saturated rings. The normalized spacial score (nSPS) is 11.2. The molecule has 0 amide bonds. The number of rotatable bonds is 9. The summed E-state index contributed by atoms with van der Waals surface area (Å²) in [4.78, 5) is 30.0. The molecule has 0 aliphatic carbocycles. The number of fused-ring (bicyclic) bond motifs is 1. The van der Waals surface area contributed by atoms with Crippen LogP contribution in [0.15, 0.2) is 69.0 Å². The lowest BCUT2D eigenvalue weighted by Gasteiger charge is -2.14. The van der Waals surface area contributed by atoms with Gasteiger partial charge < -0.3 is 9.15 Å². The molecule has 0 aliphatic rings. The van der Waals surface area contributed by atoms with Crippen molar-refractivity contribution in [3.8, 4) is 11.5 Å². The van der Waals surface area contributed by atoms with Crippen LogP contribution in [-0.2, 0) is 22.7 Å². The molecule has 0 N–H and O–H groups in total. The average Bonchev–Trinajstić information content (AvgIpc) is 3.30. The van der Waals surface area contributed by atoms with Crippen LogP contribution in [0.3, 0.4) is 0 Å². The van der Waals surface area contributed by atoms with Crippen molar-refractivity contribution in [2.24, 2.45) is 5.92 Å². The maximum absolute atomic E-state index is 13.0. The van der Waals surface area contributed by atoms with Gasteiger partial charge in [0.2, 0.25) is 5.89 Å². The van der Waals surface area contributed by atoms with Crippen molar-refractivity contribution in [3.05, 3.63) is 70.8 Å². The Morgan fingerprint density at radius 2 is 1.85 bits per heavy atom. The van der Waals surface area contributed by atoms with Crippen molar-refractivity contribution in [1.82, 2.24) is 19.7 Å². The summed E-state index contributed by atoms with van der Waals surface area (Å²) in [5, 5.41) is 8.98. The number of hydrogen-bond acceptors (Lipinski definition) is 8. The molecule has 8 nitrogen and oxygen atoms in total. The first-order chi connectivity index (χ1) is 16.0. The third-order valence-corrected chi connectivity index (χ3v) is 5.87. The van der Waals surface area contributed by atoms with Crippen molar-refractivity contribution in [2.45, 2.75) is 38.6 Å². The highest BCUT2D eigenvalue weighted by molar-refractivity contribution is 7.99. The minimum absolute atomic E-state index is 0.00609. The van der Waals surface area contributed by atoms with Gasteiger partial charge >= 0.3 is 5.97 Å². The van der Waals surface area contributed by atoms with E-state index in [4.69, 9.17) is 9.15 Å². The van der Waals surface area contributed by atoms with Crippen molar-refractivity contribution in [3.63, 3.8) is 0 Å². The molecule has 4 aromatic rings. The van der Waals surface area contributed by atoms with Gasteiger partial charge in [0.1, 0.15) is 0 Å². The molecule has 9 heteroatoms. The van der Waals surface area contributed by atoms with Gasteiger partial charge in [0.25, 0.3) is 11.4 Å². The predicted octanol–water partition coefficient (Wildman–Crippen LogP) is 4.33. The minimum atomic E-state index is -0.461. The van der Waals surface area contributed by atoms with Crippen LogP contribution in [0.5, 0.6) is 0 Å². The number of para-hydroxylation sites is 1. The molecule has 2 heterocycles. The van der Waals surface area contributed by atoms with Gasteiger partial charge in [-0.25, -0.2) is 4.98 Å². The molecular weight excluding hydrogens is 440 g/mol. The molecule has 0 bridgehead atoms. The number of ether oxygens (including phenoxy) is 1. The molecule has 2 aromatic heterocycles. The number of nitrogens with zero attached hydrogens (tertiary/aromatic N) is 4. The van der Waals surface area contributed by atoms with Gasteiger partial charge in [-0.1, -0.05) is 55.9 Å². The van der Waals surface area contributed by atoms with Crippen LogP contribution in [0.2, 0.25) is 0 Å². The van der Waals surface area contributed by atoms with E-state index in [1.54, 1.807) is 16.7 Å². The number of carbonyl (C=O) groups excluding carboxylic acids is 1. The van der Waals surface area contributed by atoms with E-state index in [1.807, 2.05) is 42.5 Å². The highest BCUT2D eigenvalue weighted by atomic mass is 32.2. The Labute approximate surface area is 195 Å². The highest BCUT2D eigenvalue weighted by Crippen LogP contribution is 2.20. The maximum Gasteiger partial charge on any atom is 0.316 e. The van der Waals surface area contributed by atoms with Crippen LogP contribution in [0.4, 0.5) is 0 Å². The van der Waals surface area contributed by atoms with E-state index >= 15 is 0 Å². The van der Waals surface area contributed by atoms with E-state index < -0.39 is 5.97 Å². The SMILES string of the molecule is CC(C)CCn1c(SCC(=O)OCc2nnc(-c3ccccc3)o2)nc2ccccc2c1=O. The Kier molecular flexibility index (Phi) is 7.19. The predicted molar refractivity (Wildman–Crippen MR) is 126 cm³/mol. The Morgan fingerprint density at radius 1 is 1.09 bits per heavy atom. The first-order valence-corrected chi connectivity index (χ1v) is 11.7. The third-order valence-electron chi connectivity index (χ3n) is 4.92. The second-order valence-electron chi connectivity index (χ2n) is 7.87. The summed E-state index contributed by atoms with van der Waals surface area (Å²) in [7, 11) is 0. The molecular formula is C24H24N4O4S. The first kappa shape index (κ1) is 22.7. The number of aromatic nitrogens is 4. The number of carbonyl (C=O) groups is 1. The zero-order valence-corrected chi connectivity index (χ0v) is 19.2. The van der Waals surface area contributed by atoms with Crippen LogP contribution in [0.25, 0.3) is 22.4 Å². The Morgan fingerprint density at radius 3 is 2.64 bits per heavy atom. The summed E-state index contributed by atoms with van der Waals surface area (Å²) in [6, 6.07) is 16.6. The van der Waals surface area contributed by atoms with Crippen LogP contribution in [0, 0.1) is 5.92 Å². The standard InChI is InChI=1S/C24H24N4O4S/c1-16(2)12-13-28-23(30)18-10-6-7-11-19(18)25-24(28)33-15-21(29)31-14-20-26-27-22(32-20)17-8-4-3-5-9-17/h3-11,16H,12-15H2,1-2H3. The number of esters is 1. The van der Waals surface area contributed by atoms with E-state index in [0.717, 1.165) is 12.0 Å². The molecule has 170 valence electrons. The van der Waals surface area contributed by atoms with E-state index in [2.05, 4.69) is 29.0 Å². The van der Waals surface area contributed by atoms with Crippen molar-refractivity contribution in [1.29, 1.82) is 0 Å². The lowest BCUT2D eigenvalue weighted by molar-refractivity contribution is -0.142. The van der Waals surface area contributed by atoms with E-state index in [1.165, 1.54) is 11.8 Å². The molecule has 2 aromatic carbocycles. The van der Waals surface area contributed by atoms with Gasteiger partial charge in [0.05, 0.1) is 16.7 Å². The second-order valence-corrected chi connectivity index (χ2v) is 8.81. The zero-order chi connectivity index (χ0) is 23.2. The monoisotopic (exact) mass is 464 g/mol. The zero-order valence-electron chi connectivity index (χ0n) is 18.4. The number of hydrogen-bond donors (Lipinski definition) is 0.